The molecule has 1 aromatic carbocycles. The van der Waals surface area contributed by atoms with Crippen LogP contribution in [0.4, 0.5) is 5.69 Å². The van der Waals surface area contributed by atoms with Gasteiger partial charge in [0.05, 0.1) is 6.54 Å². The number of anilines is 1. The van der Waals surface area contributed by atoms with Gasteiger partial charge >= 0.3 is 0 Å². The molecule has 0 unspecified atom stereocenters. The molecule has 0 aromatic heterocycles. The predicted molar refractivity (Wildman–Crippen MR) is 97.1 cm³/mol. The summed E-state index contributed by atoms with van der Waals surface area (Å²) in [5.74, 6) is 0.754. The number of rotatable bonds is 4. The Bertz CT molecular complexity index is 567. The van der Waals surface area contributed by atoms with Crippen molar-refractivity contribution in [1.82, 2.24) is 10.2 Å². The topological polar surface area (TPSA) is 61.4 Å². The molecular formula is C19H29N3O2. The van der Waals surface area contributed by atoms with Gasteiger partial charge in [-0.15, -0.1) is 0 Å². The molecule has 1 aliphatic heterocycles. The van der Waals surface area contributed by atoms with Crippen molar-refractivity contribution in [3.8, 4) is 0 Å². The maximum Gasteiger partial charge on any atom is 0.253 e. The minimum Gasteiger partial charge on any atom is -0.376 e. The standard InChI is InChI=1S/C19H29N3O2/c1-14-9-11-22(12-10-14)18(24)15-5-7-16(8-6-15)20-13-17(23)21-19(2,3)4/h5-8,14,20H,9-13H2,1-4H3,(H,21,23). The molecule has 0 atom stereocenters. The molecule has 24 heavy (non-hydrogen) atoms. The summed E-state index contributed by atoms with van der Waals surface area (Å²) in [5.41, 5.74) is 1.30. The van der Waals surface area contributed by atoms with Gasteiger partial charge in [-0.05, 0) is 63.8 Å². The number of benzene rings is 1. The van der Waals surface area contributed by atoms with Gasteiger partial charge in [-0.1, -0.05) is 6.92 Å². The van der Waals surface area contributed by atoms with Crippen LogP contribution in [-0.4, -0.2) is 41.9 Å². The highest BCUT2D eigenvalue weighted by molar-refractivity contribution is 5.94. The quantitative estimate of drug-likeness (QED) is 0.892. The molecule has 2 rings (SSSR count). The van der Waals surface area contributed by atoms with E-state index < -0.39 is 0 Å². The molecule has 0 aliphatic carbocycles. The molecule has 1 aliphatic rings. The summed E-state index contributed by atoms with van der Waals surface area (Å²) >= 11 is 0. The minimum atomic E-state index is -0.235. The number of hydrogen-bond acceptors (Lipinski definition) is 3. The second-order valence-corrected chi connectivity index (χ2v) is 7.70. The van der Waals surface area contributed by atoms with E-state index in [0.29, 0.717) is 11.5 Å². The second-order valence-electron chi connectivity index (χ2n) is 7.70. The molecule has 1 aromatic rings. The molecule has 1 saturated heterocycles. The van der Waals surface area contributed by atoms with E-state index >= 15 is 0 Å². The van der Waals surface area contributed by atoms with Gasteiger partial charge in [0.2, 0.25) is 5.91 Å². The first-order valence-electron chi connectivity index (χ1n) is 8.69. The molecule has 0 spiro atoms. The van der Waals surface area contributed by atoms with Crippen molar-refractivity contribution in [2.75, 3.05) is 25.0 Å². The normalized spacial score (nSPS) is 15.9. The molecule has 0 bridgehead atoms. The van der Waals surface area contributed by atoms with E-state index in [1.807, 2.05) is 49.9 Å². The first kappa shape index (κ1) is 18.3. The Kier molecular flexibility index (Phi) is 5.86. The average Bonchev–Trinajstić information content (AvgIpc) is 2.52. The van der Waals surface area contributed by atoms with Gasteiger partial charge in [0, 0.05) is 29.9 Å². The number of piperidine rings is 1. The zero-order valence-electron chi connectivity index (χ0n) is 15.2. The molecule has 132 valence electrons. The Morgan fingerprint density at radius 3 is 2.25 bits per heavy atom. The molecular weight excluding hydrogens is 302 g/mol. The SMILES string of the molecule is CC1CCN(C(=O)c2ccc(NCC(=O)NC(C)(C)C)cc2)CC1. The van der Waals surface area contributed by atoms with Gasteiger partial charge in [-0.2, -0.15) is 0 Å². The summed E-state index contributed by atoms with van der Waals surface area (Å²) in [7, 11) is 0. The highest BCUT2D eigenvalue weighted by atomic mass is 16.2. The van der Waals surface area contributed by atoms with E-state index in [0.717, 1.165) is 31.6 Å². The van der Waals surface area contributed by atoms with E-state index in [2.05, 4.69) is 17.6 Å². The summed E-state index contributed by atoms with van der Waals surface area (Å²) in [5, 5.41) is 5.98. The summed E-state index contributed by atoms with van der Waals surface area (Å²) < 4.78 is 0. The smallest absolute Gasteiger partial charge is 0.253 e. The van der Waals surface area contributed by atoms with E-state index in [1.54, 1.807) is 0 Å². The third-order valence-electron chi connectivity index (χ3n) is 4.17. The Morgan fingerprint density at radius 1 is 1.12 bits per heavy atom. The molecule has 0 saturated carbocycles. The van der Waals surface area contributed by atoms with Crippen LogP contribution in [0.2, 0.25) is 0 Å². The fourth-order valence-electron chi connectivity index (χ4n) is 2.77. The van der Waals surface area contributed by atoms with Crippen molar-refractivity contribution in [2.24, 2.45) is 5.92 Å². The largest absolute Gasteiger partial charge is 0.376 e. The van der Waals surface area contributed by atoms with Crippen LogP contribution in [0, 0.1) is 5.92 Å². The van der Waals surface area contributed by atoms with Gasteiger partial charge in [0.15, 0.2) is 0 Å². The van der Waals surface area contributed by atoms with Crippen molar-refractivity contribution in [3.63, 3.8) is 0 Å². The fourth-order valence-corrected chi connectivity index (χ4v) is 2.77. The predicted octanol–water partition coefficient (Wildman–Crippen LogP) is 2.89. The molecule has 1 heterocycles. The van der Waals surface area contributed by atoms with Crippen molar-refractivity contribution < 1.29 is 9.59 Å². The van der Waals surface area contributed by atoms with Crippen LogP contribution in [0.5, 0.6) is 0 Å². The number of nitrogens with one attached hydrogen (secondary N) is 2. The zero-order valence-corrected chi connectivity index (χ0v) is 15.2. The maximum absolute atomic E-state index is 12.5. The first-order chi connectivity index (χ1) is 11.2. The lowest BCUT2D eigenvalue weighted by Crippen LogP contribution is -2.43. The van der Waals surface area contributed by atoms with Crippen LogP contribution >= 0.6 is 0 Å². The molecule has 1 fully saturated rings. The maximum atomic E-state index is 12.5. The van der Waals surface area contributed by atoms with Gasteiger partial charge < -0.3 is 15.5 Å². The van der Waals surface area contributed by atoms with Gasteiger partial charge in [-0.3, -0.25) is 9.59 Å². The van der Waals surface area contributed by atoms with E-state index in [-0.39, 0.29) is 23.9 Å². The van der Waals surface area contributed by atoms with Crippen LogP contribution in [-0.2, 0) is 4.79 Å². The Hall–Kier alpha value is -2.04. The lowest BCUT2D eigenvalue weighted by Gasteiger charge is -2.30. The Balaban J connectivity index is 1.86. The third-order valence-corrected chi connectivity index (χ3v) is 4.17. The summed E-state index contributed by atoms with van der Waals surface area (Å²) in [6, 6.07) is 7.35. The first-order valence-corrected chi connectivity index (χ1v) is 8.69. The number of carbonyl (C=O) groups excluding carboxylic acids is 2. The van der Waals surface area contributed by atoms with Gasteiger partial charge in [-0.25, -0.2) is 0 Å². The monoisotopic (exact) mass is 331 g/mol. The number of carbonyl (C=O) groups is 2. The Labute approximate surface area is 144 Å². The molecule has 5 heteroatoms. The van der Waals surface area contributed by atoms with Crippen LogP contribution in [0.1, 0.15) is 50.9 Å². The van der Waals surface area contributed by atoms with Crippen LogP contribution in [0.25, 0.3) is 0 Å². The highest BCUT2D eigenvalue weighted by Crippen LogP contribution is 2.19. The second kappa shape index (κ2) is 7.69. The van der Waals surface area contributed by atoms with E-state index in [1.165, 1.54) is 0 Å². The van der Waals surface area contributed by atoms with Crippen molar-refractivity contribution in [2.45, 2.75) is 46.1 Å². The van der Waals surface area contributed by atoms with E-state index in [9.17, 15) is 9.59 Å². The lowest BCUT2D eigenvalue weighted by molar-refractivity contribution is -0.120. The molecule has 2 amide bonds. The lowest BCUT2D eigenvalue weighted by atomic mass is 9.98. The van der Waals surface area contributed by atoms with Crippen LogP contribution in [0.15, 0.2) is 24.3 Å². The van der Waals surface area contributed by atoms with Crippen LogP contribution < -0.4 is 10.6 Å². The number of nitrogens with zero attached hydrogens (tertiary/aromatic N) is 1. The molecule has 2 N–H and O–H groups in total. The van der Waals surface area contributed by atoms with Crippen molar-refractivity contribution in [1.29, 1.82) is 0 Å². The summed E-state index contributed by atoms with van der Waals surface area (Å²) in [6.45, 7) is 9.98. The van der Waals surface area contributed by atoms with E-state index in [4.69, 9.17) is 0 Å². The van der Waals surface area contributed by atoms with Crippen molar-refractivity contribution in [3.05, 3.63) is 29.8 Å². The van der Waals surface area contributed by atoms with Crippen molar-refractivity contribution >= 4 is 17.5 Å². The number of amides is 2. The molecule has 5 nitrogen and oxygen atoms in total. The Morgan fingerprint density at radius 2 is 1.71 bits per heavy atom. The number of likely N-dealkylation sites (tertiary alicyclic amines) is 1. The van der Waals surface area contributed by atoms with Gasteiger partial charge in [0.25, 0.3) is 5.91 Å². The minimum absolute atomic E-state index is 0.0508. The fraction of sp³-hybridized carbons (Fsp3) is 0.579. The third kappa shape index (κ3) is 5.55. The van der Waals surface area contributed by atoms with Crippen LogP contribution in [0.3, 0.4) is 0 Å². The summed E-state index contributed by atoms with van der Waals surface area (Å²) in [4.78, 5) is 26.2. The highest BCUT2D eigenvalue weighted by Gasteiger charge is 2.21. The summed E-state index contributed by atoms with van der Waals surface area (Å²) in [6.07, 6.45) is 2.16. The number of hydrogen-bond donors (Lipinski definition) is 2. The molecule has 0 radical (unpaired) electrons. The zero-order chi connectivity index (χ0) is 17.7. The average molecular weight is 331 g/mol. The van der Waals surface area contributed by atoms with Gasteiger partial charge in [0.1, 0.15) is 0 Å².